The molecule has 0 unspecified atom stereocenters. The van der Waals surface area contributed by atoms with E-state index in [1.807, 2.05) is 13.8 Å². The molecule has 10 heteroatoms. The quantitative estimate of drug-likeness (QED) is 0.244. The standard InChI is InChI=1S/C18H32N6O4/c1-11(2)7-13(20)16(25)23-14(5-3-4-6-19)17(26)24-15(18(27)28)8-12-9-21-10-22-12/h9-11,13-15H,3-8,19-20H2,1-2H3,(H,21,22)(H,23,25)(H,24,26)(H,27,28)/t13-,14-,15-/m0/s1. The first-order chi connectivity index (χ1) is 13.2. The molecule has 2 amide bonds. The van der Waals surface area contributed by atoms with Crippen molar-refractivity contribution < 1.29 is 19.5 Å². The van der Waals surface area contributed by atoms with E-state index in [0.717, 1.165) is 0 Å². The minimum Gasteiger partial charge on any atom is -0.480 e. The van der Waals surface area contributed by atoms with Crippen molar-refractivity contribution in [1.29, 1.82) is 0 Å². The molecule has 1 aromatic heterocycles. The molecule has 10 nitrogen and oxygen atoms in total. The summed E-state index contributed by atoms with van der Waals surface area (Å²) in [4.78, 5) is 43.2. The number of hydrogen-bond donors (Lipinski definition) is 6. The average molecular weight is 396 g/mol. The van der Waals surface area contributed by atoms with Gasteiger partial charge in [0.05, 0.1) is 12.4 Å². The minimum absolute atomic E-state index is 0.0530. The van der Waals surface area contributed by atoms with Crippen molar-refractivity contribution in [3.8, 4) is 0 Å². The molecule has 0 aliphatic heterocycles. The summed E-state index contributed by atoms with van der Waals surface area (Å²) < 4.78 is 0. The van der Waals surface area contributed by atoms with Crippen molar-refractivity contribution >= 4 is 17.8 Å². The molecule has 3 atom stereocenters. The molecular weight excluding hydrogens is 364 g/mol. The molecule has 158 valence electrons. The number of aliphatic carboxylic acids is 1. The van der Waals surface area contributed by atoms with E-state index in [9.17, 15) is 19.5 Å². The number of carbonyl (C=O) groups excluding carboxylic acids is 2. The predicted octanol–water partition coefficient (Wildman–Crippen LogP) is -0.491. The van der Waals surface area contributed by atoms with Gasteiger partial charge in [0.2, 0.25) is 11.8 Å². The van der Waals surface area contributed by atoms with E-state index in [2.05, 4.69) is 20.6 Å². The van der Waals surface area contributed by atoms with Gasteiger partial charge in [-0.15, -0.1) is 0 Å². The molecule has 0 saturated heterocycles. The highest BCUT2D eigenvalue weighted by Crippen LogP contribution is 2.07. The van der Waals surface area contributed by atoms with Crippen LogP contribution in [0, 0.1) is 5.92 Å². The topological polar surface area (TPSA) is 176 Å². The fraction of sp³-hybridized carbons (Fsp3) is 0.667. The number of imidazole rings is 1. The van der Waals surface area contributed by atoms with Gasteiger partial charge in [0.1, 0.15) is 12.1 Å². The third-order valence-electron chi connectivity index (χ3n) is 4.24. The number of H-pyrrole nitrogens is 1. The van der Waals surface area contributed by atoms with Crippen LogP contribution in [-0.4, -0.2) is 57.5 Å². The Morgan fingerprint density at radius 3 is 2.39 bits per heavy atom. The Hall–Kier alpha value is -2.46. The second kappa shape index (κ2) is 12.1. The largest absolute Gasteiger partial charge is 0.480 e. The summed E-state index contributed by atoms with van der Waals surface area (Å²) >= 11 is 0. The van der Waals surface area contributed by atoms with Crippen molar-refractivity contribution in [1.82, 2.24) is 20.6 Å². The molecule has 1 aromatic rings. The Morgan fingerprint density at radius 1 is 1.18 bits per heavy atom. The Labute approximate surface area is 164 Å². The van der Waals surface area contributed by atoms with Gasteiger partial charge in [-0.25, -0.2) is 9.78 Å². The van der Waals surface area contributed by atoms with Crippen molar-refractivity contribution in [3.63, 3.8) is 0 Å². The van der Waals surface area contributed by atoms with Crippen LogP contribution >= 0.6 is 0 Å². The first kappa shape index (κ1) is 23.6. The van der Waals surface area contributed by atoms with Crippen molar-refractivity contribution in [2.24, 2.45) is 17.4 Å². The number of carboxylic acid groups (broad SMARTS) is 1. The lowest BCUT2D eigenvalue weighted by Gasteiger charge is -2.23. The third-order valence-corrected chi connectivity index (χ3v) is 4.24. The second-order valence-electron chi connectivity index (χ2n) is 7.26. The number of amides is 2. The number of nitrogens with one attached hydrogen (secondary N) is 3. The van der Waals surface area contributed by atoms with Crippen LogP contribution in [0.5, 0.6) is 0 Å². The van der Waals surface area contributed by atoms with Crippen molar-refractivity contribution in [3.05, 3.63) is 18.2 Å². The smallest absolute Gasteiger partial charge is 0.326 e. The summed E-state index contributed by atoms with van der Waals surface area (Å²) in [6, 6.07) is -2.75. The maximum absolute atomic E-state index is 12.7. The number of nitrogens with zero attached hydrogens (tertiary/aromatic N) is 1. The zero-order chi connectivity index (χ0) is 21.1. The number of unbranched alkanes of at least 4 members (excludes halogenated alkanes) is 1. The first-order valence-corrected chi connectivity index (χ1v) is 9.51. The molecular formula is C18H32N6O4. The minimum atomic E-state index is -1.17. The van der Waals surface area contributed by atoms with Gasteiger partial charge in [-0.1, -0.05) is 13.8 Å². The average Bonchev–Trinajstić information content (AvgIpc) is 3.12. The van der Waals surface area contributed by atoms with Crippen molar-refractivity contribution in [2.75, 3.05) is 6.54 Å². The van der Waals surface area contributed by atoms with Gasteiger partial charge in [0.15, 0.2) is 0 Å². The van der Waals surface area contributed by atoms with Gasteiger partial charge in [0.25, 0.3) is 0 Å². The number of aromatic amines is 1. The summed E-state index contributed by atoms with van der Waals surface area (Å²) in [7, 11) is 0. The lowest BCUT2D eigenvalue weighted by molar-refractivity contribution is -0.142. The molecule has 0 aliphatic carbocycles. The normalized spacial score (nSPS) is 14.3. The highest BCUT2D eigenvalue weighted by molar-refractivity contribution is 5.91. The lowest BCUT2D eigenvalue weighted by Crippen LogP contribution is -2.55. The van der Waals surface area contributed by atoms with E-state index in [1.165, 1.54) is 12.5 Å². The number of carboxylic acids is 1. The fourth-order valence-corrected chi connectivity index (χ4v) is 2.74. The lowest BCUT2D eigenvalue weighted by atomic mass is 10.0. The third kappa shape index (κ3) is 8.49. The SMILES string of the molecule is CC(C)C[C@H](N)C(=O)N[C@@H](CCCCN)C(=O)N[C@@H](Cc1cnc[nH]1)C(=O)O. The fourth-order valence-electron chi connectivity index (χ4n) is 2.74. The van der Waals surface area contributed by atoms with Gasteiger partial charge >= 0.3 is 5.97 Å². The van der Waals surface area contributed by atoms with Gasteiger partial charge in [-0.3, -0.25) is 9.59 Å². The number of nitrogens with two attached hydrogens (primary N) is 2. The second-order valence-corrected chi connectivity index (χ2v) is 7.26. The van der Waals surface area contributed by atoms with E-state index < -0.39 is 35.9 Å². The van der Waals surface area contributed by atoms with E-state index in [1.54, 1.807) is 0 Å². The van der Waals surface area contributed by atoms with Gasteiger partial charge in [-0.2, -0.15) is 0 Å². The van der Waals surface area contributed by atoms with Gasteiger partial charge in [-0.05, 0) is 38.1 Å². The number of rotatable bonds is 13. The molecule has 28 heavy (non-hydrogen) atoms. The van der Waals surface area contributed by atoms with Crippen LogP contribution in [0.4, 0.5) is 0 Å². The van der Waals surface area contributed by atoms with Gasteiger partial charge in [0, 0.05) is 18.3 Å². The molecule has 0 radical (unpaired) electrons. The van der Waals surface area contributed by atoms with Crippen molar-refractivity contribution in [2.45, 2.75) is 64.1 Å². The highest BCUT2D eigenvalue weighted by Gasteiger charge is 2.28. The van der Waals surface area contributed by atoms with Crippen LogP contribution in [0.3, 0.4) is 0 Å². The maximum atomic E-state index is 12.7. The summed E-state index contributed by atoms with van der Waals surface area (Å²) in [5, 5.41) is 14.6. The molecule has 8 N–H and O–H groups in total. The first-order valence-electron chi connectivity index (χ1n) is 9.51. The predicted molar refractivity (Wildman–Crippen MR) is 104 cm³/mol. The Kier molecular flexibility index (Phi) is 10.2. The van der Waals surface area contributed by atoms with Gasteiger partial charge < -0.3 is 32.2 Å². The molecule has 0 fully saturated rings. The van der Waals surface area contributed by atoms with Crippen LogP contribution in [0.2, 0.25) is 0 Å². The molecule has 1 heterocycles. The van der Waals surface area contributed by atoms with Crippen LogP contribution in [-0.2, 0) is 20.8 Å². The molecule has 0 spiro atoms. The molecule has 1 rings (SSSR count). The zero-order valence-electron chi connectivity index (χ0n) is 16.5. The number of carbonyl (C=O) groups is 3. The Morgan fingerprint density at radius 2 is 1.86 bits per heavy atom. The monoisotopic (exact) mass is 396 g/mol. The van der Waals surface area contributed by atoms with E-state index in [4.69, 9.17) is 11.5 Å². The highest BCUT2D eigenvalue weighted by atomic mass is 16.4. The van der Waals surface area contributed by atoms with Crippen LogP contribution in [0.15, 0.2) is 12.5 Å². The van der Waals surface area contributed by atoms with E-state index >= 15 is 0 Å². The van der Waals surface area contributed by atoms with E-state index in [-0.39, 0.29) is 12.3 Å². The van der Waals surface area contributed by atoms with Crippen LogP contribution < -0.4 is 22.1 Å². The number of aromatic nitrogens is 2. The van der Waals surface area contributed by atoms with Crippen LogP contribution in [0.25, 0.3) is 0 Å². The maximum Gasteiger partial charge on any atom is 0.326 e. The molecule has 0 bridgehead atoms. The summed E-state index contributed by atoms with van der Waals surface area (Å²) in [5.41, 5.74) is 12.0. The van der Waals surface area contributed by atoms with Crippen LogP contribution in [0.1, 0.15) is 45.2 Å². The molecule has 0 aromatic carbocycles. The molecule has 0 aliphatic rings. The summed E-state index contributed by atoms with van der Waals surface area (Å²) in [6.45, 7) is 4.36. The Balaban J connectivity index is 2.78. The van der Waals surface area contributed by atoms with E-state index in [0.29, 0.717) is 37.9 Å². The Bertz CT molecular complexity index is 620. The summed E-state index contributed by atoms with van der Waals surface area (Å²) in [5.74, 6) is -1.93. The summed E-state index contributed by atoms with van der Waals surface area (Å²) in [6.07, 6.45) is 5.12. The number of hydrogen-bond acceptors (Lipinski definition) is 6. The zero-order valence-corrected chi connectivity index (χ0v) is 16.5. The molecule has 0 saturated carbocycles.